The van der Waals surface area contributed by atoms with Gasteiger partial charge in [-0.05, 0) is 25.1 Å². The van der Waals surface area contributed by atoms with Crippen molar-refractivity contribution >= 4 is 5.82 Å². The molecule has 7 nitrogen and oxygen atoms in total. The predicted octanol–water partition coefficient (Wildman–Crippen LogP) is 0.197. The van der Waals surface area contributed by atoms with Crippen LogP contribution in [0.2, 0.25) is 0 Å². The number of hydrogen-bond acceptors (Lipinski definition) is 4. The lowest BCUT2D eigenvalue weighted by Gasteiger charge is -2.28. The van der Waals surface area contributed by atoms with Gasteiger partial charge in [-0.15, -0.1) is 0 Å². The second-order valence-electron chi connectivity index (χ2n) is 6.58. The molecule has 26 heavy (non-hydrogen) atoms. The minimum absolute atomic E-state index is 0.329. The third-order valence-corrected chi connectivity index (χ3v) is 4.61. The normalized spacial score (nSPS) is 16.0. The molecular weight excluding hydrogens is 330 g/mol. The molecule has 3 heterocycles. The first kappa shape index (κ1) is 16.3. The Morgan fingerprint density at radius 3 is 2.73 bits per heavy atom. The molecule has 3 N–H and O–H groups in total. The monoisotopic (exact) mass is 350 g/mol. The van der Waals surface area contributed by atoms with Crippen LogP contribution in [0, 0.1) is 6.92 Å². The van der Waals surface area contributed by atoms with E-state index < -0.39 is 5.69 Å². The second kappa shape index (κ2) is 6.61. The number of anilines is 1. The predicted molar refractivity (Wildman–Crippen MR) is 98.5 cm³/mol. The number of quaternary nitrogens is 1. The number of aryl methyl sites for hydroxylation is 1. The summed E-state index contributed by atoms with van der Waals surface area (Å²) in [5, 5.41) is 3.28. The average molecular weight is 350 g/mol. The first-order chi connectivity index (χ1) is 12.6. The molecule has 1 unspecified atom stereocenters. The van der Waals surface area contributed by atoms with Crippen LogP contribution in [0.15, 0.2) is 58.4 Å². The van der Waals surface area contributed by atoms with Crippen LogP contribution in [0.1, 0.15) is 16.7 Å². The van der Waals surface area contributed by atoms with Crippen molar-refractivity contribution in [2.75, 3.05) is 12.0 Å². The van der Waals surface area contributed by atoms with Gasteiger partial charge in [-0.25, -0.2) is 9.36 Å². The number of rotatable bonds is 3. The molecule has 2 aromatic heterocycles. The lowest BCUT2D eigenvalue weighted by molar-refractivity contribution is -0.926. The van der Waals surface area contributed by atoms with E-state index in [4.69, 9.17) is 0 Å². The van der Waals surface area contributed by atoms with E-state index in [-0.39, 0.29) is 5.56 Å². The number of nitrogens with one attached hydrogen (secondary N) is 3. The summed E-state index contributed by atoms with van der Waals surface area (Å²) >= 11 is 0. The van der Waals surface area contributed by atoms with Crippen LogP contribution in [-0.2, 0) is 13.1 Å². The Hall–Kier alpha value is -3.19. The molecule has 4 rings (SSSR count). The van der Waals surface area contributed by atoms with Crippen LogP contribution < -0.4 is 21.5 Å². The Bertz CT molecular complexity index is 1040. The van der Waals surface area contributed by atoms with Gasteiger partial charge in [-0.2, -0.15) is 0 Å². The van der Waals surface area contributed by atoms with E-state index in [9.17, 15) is 9.59 Å². The van der Waals surface area contributed by atoms with E-state index in [0.29, 0.717) is 24.6 Å². The van der Waals surface area contributed by atoms with Crippen LogP contribution >= 0.6 is 0 Å². The Morgan fingerprint density at radius 2 is 2.00 bits per heavy atom. The van der Waals surface area contributed by atoms with E-state index in [0.717, 1.165) is 23.4 Å². The molecule has 3 aromatic rings. The number of pyridine rings is 1. The first-order valence-electron chi connectivity index (χ1n) is 8.53. The Labute approximate surface area is 150 Å². The Balaban J connectivity index is 1.71. The summed E-state index contributed by atoms with van der Waals surface area (Å²) < 4.78 is 1.54. The summed E-state index contributed by atoms with van der Waals surface area (Å²) in [6, 6.07) is 11.6. The highest BCUT2D eigenvalue weighted by Gasteiger charge is 2.26. The highest BCUT2D eigenvalue weighted by molar-refractivity contribution is 5.51. The Kier molecular flexibility index (Phi) is 4.14. The first-order valence-corrected chi connectivity index (χ1v) is 8.53. The van der Waals surface area contributed by atoms with Gasteiger partial charge in [-0.3, -0.25) is 14.8 Å². The van der Waals surface area contributed by atoms with Crippen LogP contribution in [0.25, 0.3) is 5.69 Å². The largest absolute Gasteiger partial charge is 0.334 e. The lowest BCUT2D eigenvalue weighted by Crippen LogP contribution is -3.11. The fourth-order valence-electron chi connectivity index (χ4n) is 3.30. The number of aromatic amines is 1. The quantitative estimate of drug-likeness (QED) is 0.630. The third-order valence-electron chi connectivity index (χ3n) is 4.61. The van der Waals surface area contributed by atoms with E-state index in [1.54, 1.807) is 6.20 Å². The molecule has 0 amide bonds. The number of benzene rings is 1. The molecule has 7 heteroatoms. The van der Waals surface area contributed by atoms with Crippen molar-refractivity contribution in [1.82, 2.24) is 14.5 Å². The molecule has 0 aliphatic carbocycles. The van der Waals surface area contributed by atoms with Gasteiger partial charge >= 0.3 is 5.69 Å². The summed E-state index contributed by atoms with van der Waals surface area (Å²) in [6.07, 6.45) is 3.58. The zero-order chi connectivity index (χ0) is 18.1. The minimum atomic E-state index is -0.430. The van der Waals surface area contributed by atoms with Crippen molar-refractivity contribution in [3.63, 3.8) is 0 Å². The minimum Gasteiger partial charge on any atom is -0.324 e. The van der Waals surface area contributed by atoms with E-state index in [1.165, 1.54) is 9.47 Å². The topological polar surface area (TPSA) is 84.2 Å². The average Bonchev–Trinajstić information content (AvgIpc) is 2.64. The number of nitrogens with zero attached hydrogens (tertiary/aromatic N) is 2. The molecule has 1 aromatic carbocycles. The van der Waals surface area contributed by atoms with Crippen molar-refractivity contribution in [3.05, 3.63) is 86.3 Å². The van der Waals surface area contributed by atoms with Gasteiger partial charge in [0.2, 0.25) is 0 Å². The summed E-state index contributed by atoms with van der Waals surface area (Å²) in [6.45, 7) is 3.91. The van der Waals surface area contributed by atoms with Crippen molar-refractivity contribution in [2.45, 2.75) is 20.0 Å². The van der Waals surface area contributed by atoms with Crippen molar-refractivity contribution in [3.8, 4) is 5.69 Å². The molecular formula is C19H20N5O2+. The molecule has 0 saturated carbocycles. The molecule has 1 aliphatic heterocycles. The molecule has 0 fully saturated rings. The zero-order valence-electron chi connectivity index (χ0n) is 14.5. The SMILES string of the molecule is Cc1ccc(-n2c3c(c(=O)[nH]c2=O)C[NH+](Cc2cccnc2)CN3)cc1. The van der Waals surface area contributed by atoms with Gasteiger partial charge in [-0.1, -0.05) is 23.8 Å². The smallest absolute Gasteiger partial charge is 0.324 e. The maximum atomic E-state index is 12.4. The van der Waals surface area contributed by atoms with Gasteiger partial charge in [0.25, 0.3) is 5.56 Å². The van der Waals surface area contributed by atoms with Gasteiger partial charge < -0.3 is 10.2 Å². The van der Waals surface area contributed by atoms with Crippen LogP contribution in [0.5, 0.6) is 0 Å². The Morgan fingerprint density at radius 1 is 1.19 bits per heavy atom. The summed E-state index contributed by atoms with van der Waals surface area (Å²) in [5.74, 6) is 0.581. The highest BCUT2D eigenvalue weighted by atomic mass is 16.2. The van der Waals surface area contributed by atoms with Crippen molar-refractivity contribution in [1.29, 1.82) is 0 Å². The highest BCUT2D eigenvalue weighted by Crippen LogP contribution is 2.16. The molecule has 132 valence electrons. The summed E-state index contributed by atoms with van der Waals surface area (Å²) in [7, 11) is 0. The molecule has 1 aliphatic rings. The molecule has 0 saturated heterocycles. The van der Waals surface area contributed by atoms with Gasteiger partial charge in [0.15, 0.2) is 6.67 Å². The van der Waals surface area contributed by atoms with Crippen molar-refractivity contribution in [2.24, 2.45) is 0 Å². The number of H-pyrrole nitrogens is 1. The molecule has 0 spiro atoms. The molecule has 0 bridgehead atoms. The lowest BCUT2D eigenvalue weighted by atomic mass is 10.2. The number of fused-ring (bicyclic) bond motifs is 1. The fourth-order valence-corrected chi connectivity index (χ4v) is 3.30. The van der Waals surface area contributed by atoms with Gasteiger partial charge in [0.1, 0.15) is 24.5 Å². The standard InChI is InChI=1S/C19H19N5O2/c1-13-4-6-15(7-5-13)24-17-16(18(25)22-19(24)26)11-23(12-21-17)10-14-3-2-8-20-9-14/h2-9,21H,10-12H2,1H3,(H,22,25,26)/p+1. The maximum Gasteiger partial charge on any atom is 0.334 e. The van der Waals surface area contributed by atoms with Gasteiger partial charge in [0.05, 0.1) is 5.69 Å². The van der Waals surface area contributed by atoms with E-state index in [2.05, 4.69) is 15.3 Å². The third kappa shape index (κ3) is 3.04. The van der Waals surface area contributed by atoms with Gasteiger partial charge in [0, 0.05) is 18.0 Å². The van der Waals surface area contributed by atoms with Crippen LogP contribution in [-0.4, -0.2) is 21.2 Å². The fraction of sp³-hybridized carbons (Fsp3) is 0.211. The summed E-state index contributed by atoms with van der Waals surface area (Å²) in [4.78, 5) is 32.6. The number of aromatic nitrogens is 3. The molecule has 1 atom stereocenters. The van der Waals surface area contributed by atoms with Crippen LogP contribution in [0.4, 0.5) is 5.82 Å². The second-order valence-corrected chi connectivity index (χ2v) is 6.58. The maximum absolute atomic E-state index is 12.4. The van der Waals surface area contributed by atoms with Crippen molar-refractivity contribution < 1.29 is 4.90 Å². The summed E-state index contributed by atoms with van der Waals surface area (Å²) in [5.41, 5.74) is 2.79. The molecule has 0 radical (unpaired) electrons. The zero-order valence-corrected chi connectivity index (χ0v) is 14.5. The van der Waals surface area contributed by atoms with E-state index >= 15 is 0 Å². The van der Waals surface area contributed by atoms with Crippen LogP contribution in [0.3, 0.4) is 0 Å². The van der Waals surface area contributed by atoms with E-state index in [1.807, 2.05) is 49.5 Å². The number of hydrogen-bond donors (Lipinski definition) is 3.